The number of anilines is 1. The molecule has 0 spiro atoms. The molecule has 192 valence electrons. The molecule has 1 heterocycles. The van der Waals surface area contributed by atoms with Crippen molar-refractivity contribution in [1.82, 2.24) is 20.2 Å². The molecule has 0 aliphatic carbocycles. The molecule has 0 aliphatic rings. The maximum atomic E-state index is 12.8. The van der Waals surface area contributed by atoms with Gasteiger partial charge in [0.25, 0.3) is 11.8 Å². The first-order chi connectivity index (χ1) is 18.4. The van der Waals surface area contributed by atoms with Crippen molar-refractivity contribution in [3.63, 3.8) is 0 Å². The number of halogens is 1. The lowest BCUT2D eigenvalue weighted by atomic mass is 10.1. The normalized spacial score (nSPS) is 10.8. The van der Waals surface area contributed by atoms with Gasteiger partial charge in [0.1, 0.15) is 5.75 Å². The molecule has 0 saturated carbocycles. The standard InChI is InChI=1S/C25H20ClN7O5/c1-38-22-11-10-16(12-17(22)14-32-15-27-25(31-32)33(36)37)13-28-30-24(35)19-7-3-5-9-21(19)29-23(34)18-6-2-4-8-20(18)26/h2-13,15H,14H2,1H3,(H,29,34)(H,30,35)/b28-13+. The number of amides is 2. The fourth-order valence-electron chi connectivity index (χ4n) is 3.47. The topological polar surface area (TPSA) is 154 Å². The zero-order valence-corrected chi connectivity index (χ0v) is 20.6. The number of ether oxygens (including phenoxy) is 1. The van der Waals surface area contributed by atoms with E-state index in [0.29, 0.717) is 22.6 Å². The Labute approximate surface area is 221 Å². The molecule has 0 fully saturated rings. The molecule has 13 heteroatoms. The monoisotopic (exact) mass is 533 g/mol. The highest BCUT2D eigenvalue weighted by Crippen LogP contribution is 2.22. The van der Waals surface area contributed by atoms with E-state index in [1.54, 1.807) is 66.7 Å². The Morgan fingerprint density at radius 2 is 1.84 bits per heavy atom. The van der Waals surface area contributed by atoms with Crippen molar-refractivity contribution >= 4 is 41.3 Å². The molecule has 0 aliphatic heterocycles. The summed E-state index contributed by atoms with van der Waals surface area (Å²) in [5.41, 5.74) is 4.50. The maximum Gasteiger partial charge on any atom is 0.490 e. The van der Waals surface area contributed by atoms with Crippen LogP contribution >= 0.6 is 11.6 Å². The zero-order chi connectivity index (χ0) is 27.1. The highest BCUT2D eigenvalue weighted by molar-refractivity contribution is 6.34. The Morgan fingerprint density at radius 1 is 1.11 bits per heavy atom. The van der Waals surface area contributed by atoms with Crippen molar-refractivity contribution in [2.75, 3.05) is 12.4 Å². The van der Waals surface area contributed by atoms with E-state index in [4.69, 9.17) is 16.3 Å². The Hall–Kier alpha value is -5.10. The second-order valence-electron chi connectivity index (χ2n) is 7.75. The van der Waals surface area contributed by atoms with Crippen LogP contribution in [-0.2, 0) is 6.54 Å². The Balaban J connectivity index is 1.46. The third-order valence-corrected chi connectivity index (χ3v) is 5.57. The van der Waals surface area contributed by atoms with Gasteiger partial charge in [0.05, 0.1) is 41.7 Å². The molecule has 4 aromatic rings. The van der Waals surface area contributed by atoms with Crippen LogP contribution in [0.1, 0.15) is 31.8 Å². The van der Waals surface area contributed by atoms with E-state index in [9.17, 15) is 19.7 Å². The van der Waals surface area contributed by atoms with Crippen LogP contribution in [0.25, 0.3) is 0 Å². The van der Waals surface area contributed by atoms with Gasteiger partial charge in [0.15, 0.2) is 0 Å². The number of para-hydroxylation sites is 1. The number of methoxy groups -OCH3 is 1. The number of hydrogen-bond donors (Lipinski definition) is 2. The summed E-state index contributed by atoms with van der Waals surface area (Å²) < 4.78 is 6.67. The van der Waals surface area contributed by atoms with E-state index < -0.39 is 22.7 Å². The molecule has 1 aromatic heterocycles. The minimum Gasteiger partial charge on any atom is -0.496 e. The molecule has 0 bridgehead atoms. The van der Waals surface area contributed by atoms with Gasteiger partial charge in [-0.1, -0.05) is 40.9 Å². The van der Waals surface area contributed by atoms with Gasteiger partial charge in [-0.25, -0.2) is 5.43 Å². The average molecular weight is 534 g/mol. The number of nitrogens with one attached hydrogen (secondary N) is 2. The molecular formula is C25H20ClN7O5. The van der Waals surface area contributed by atoms with Gasteiger partial charge in [0.2, 0.25) is 6.33 Å². The van der Waals surface area contributed by atoms with Crippen LogP contribution in [0.2, 0.25) is 5.02 Å². The summed E-state index contributed by atoms with van der Waals surface area (Å²) in [5.74, 6) is -0.969. The van der Waals surface area contributed by atoms with Gasteiger partial charge >= 0.3 is 5.95 Å². The summed E-state index contributed by atoms with van der Waals surface area (Å²) in [5, 5.41) is 21.7. The number of nitrogens with zero attached hydrogens (tertiary/aromatic N) is 5. The molecule has 4 rings (SSSR count). The number of carbonyl (C=O) groups excluding carboxylic acids is 2. The molecule has 2 N–H and O–H groups in total. The summed E-state index contributed by atoms with van der Waals surface area (Å²) in [6.07, 6.45) is 2.68. The van der Waals surface area contributed by atoms with E-state index in [0.717, 1.165) is 0 Å². The summed E-state index contributed by atoms with van der Waals surface area (Å²) in [7, 11) is 1.50. The Morgan fingerprint density at radius 3 is 2.55 bits per heavy atom. The van der Waals surface area contributed by atoms with Crippen molar-refractivity contribution < 1.29 is 19.2 Å². The van der Waals surface area contributed by atoms with Crippen molar-refractivity contribution in [2.24, 2.45) is 5.10 Å². The number of carbonyl (C=O) groups is 2. The zero-order valence-electron chi connectivity index (χ0n) is 19.9. The number of rotatable bonds is 9. The molecule has 0 unspecified atom stereocenters. The highest BCUT2D eigenvalue weighted by Gasteiger charge is 2.16. The van der Waals surface area contributed by atoms with Crippen LogP contribution in [0.3, 0.4) is 0 Å². The molecule has 0 saturated heterocycles. The number of aromatic nitrogens is 3. The van der Waals surface area contributed by atoms with Gasteiger partial charge in [-0.15, -0.1) is 0 Å². The lowest BCUT2D eigenvalue weighted by Crippen LogP contribution is -2.21. The van der Waals surface area contributed by atoms with E-state index in [2.05, 4.69) is 25.9 Å². The third kappa shape index (κ3) is 6.17. The largest absolute Gasteiger partial charge is 0.496 e. The van der Waals surface area contributed by atoms with Crippen molar-refractivity contribution in [3.05, 3.63) is 110 Å². The van der Waals surface area contributed by atoms with Crippen molar-refractivity contribution in [1.29, 1.82) is 0 Å². The fourth-order valence-corrected chi connectivity index (χ4v) is 3.69. The van der Waals surface area contributed by atoms with Gasteiger partial charge in [0, 0.05) is 10.7 Å². The number of nitro groups is 1. The molecule has 0 atom stereocenters. The minimum atomic E-state index is -0.681. The molecule has 2 amide bonds. The van der Waals surface area contributed by atoms with E-state index in [-0.39, 0.29) is 22.7 Å². The molecule has 38 heavy (non-hydrogen) atoms. The van der Waals surface area contributed by atoms with E-state index in [1.807, 2.05) is 0 Å². The number of hydrazone groups is 1. The van der Waals surface area contributed by atoms with Gasteiger partial charge in [-0.3, -0.25) is 9.59 Å². The lowest BCUT2D eigenvalue weighted by molar-refractivity contribution is -0.394. The summed E-state index contributed by atoms with van der Waals surface area (Å²) in [6.45, 7) is 0.163. The van der Waals surface area contributed by atoms with E-state index in [1.165, 1.54) is 24.3 Å². The summed E-state index contributed by atoms with van der Waals surface area (Å²) >= 11 is 6.10. The fraction of sp³-hybridized carbons (Fsp3) is 0.0800. The molecule has 12 nitrogen and oxygen atoms in total. The van der Waals surface area contributed by atoms with Gasteiger partial charge in [-0.2, -0.15) is 9.78 Å². The molecule has 3 aromatic carbocycles. The maximum absolute atomic E-state index is 12.8. The smallest absolute Gasteiger partial charge is 0.490 e. The van der Waals surface area contributed by atoms with Crippen LogP contribution < -0.4 is 15.5 Å². The summed E-state index contributed by atoms with van der Waals surface area (Å²) in [4.78, 5) is 39.3. The first-order valence-corrected chi connectivity index (χ1v) is 11.4. The third-order valence-electron chi connectivity index (χ3n) is 5.24. The van der Waals surface area contributed by atoms with Gasteiger partial charge in [-0.05, 0) is 53.0 Å². The van der Waals surface area contributed by atoms with Crippen molar-refractivity contribution in [3.8, 4) is 5.75 Å². The van der Waals surface area contributed by atoms with Gasteiger partial charge < -0.3 is 20.2 Å². The Bertz CT molecular complexity index is 1540. The quantitative estimate of drug-likeness (QED) is 0.188. The molecule has 0 radical (unpaired) electrons. The predicted molar refractivity (Wildman–Crippen MR) is 140 cm³/mol. The van der Waals surface area contributed by atoms with E-state index >= 15 is 0 Å². The number of hydrogen-bond acceptors (Lipinski definition) is 8. The second kappa shape index (κ2) is 11.8. The lowest BCUT2D eigenvalue weighted by Gasteiger charge is -2.11. The van der Waals surface area contributed by atoms with Crippen LogP contribution in [0, 0.1) is 10.1 Å². The summed E-state index contributed by atoms with van der Waals surface area (Å²) in [6, 6.07) is 18.2. The van der Waals surface area contributed by atoms with Crippen LogP contribution in [0.5, 0.6) is 5.75 Å². The van der Waals surface area contributed by atoms with Crippen LogP contribution in [0.15, 0.2) is 78.2 Å². The number of benzene rings is 3. The second-order valence-corrected chi connectivity index (χ2v) is 8.16. The highest BCUT2D eigenvalue weighted by atomic mass is 35.5. The first-order valence-electron chi connectivity index (χ1n) is 11.0. The SMILES string of the molecule is COc1ccc(/C=N/NC(=O)c2ccccc2NC(=O)c2ccccc2Cl)cc1Cn1cnc([N+](=O)[O-])n1. The minimum absolute atomic E-state index is 0.163. The molecular weight excluding hydrogens is 514 g/mol. The van der Waals surface area contributed by atoms with Crippen LogP contribution in [-0.4, -0.2) is 44.8 Å². The predicted octanol–water partition coefficient (Wildman–Crippen LogP) is 3.91. The first kappa shape index (κ1) is 26.0. The Kier molecular flexibility index (Phi) is 8.04. The van der Waals surface area contributed by atoms with Crippen molar-refractivity contribution in [2.45, 2.75) is 6.54 Å². The van der Waals surface area contributed by atoms with Crippen LogP contribution in [0.4, 0.5) is 11.6 Å². The average Bonchev–Trinajstić information content (AvgIpc) is 3.38.